The van der Waals surface area contributed by atoms with Gasteiger partial charge in [0.2, 0.25) is 0 Å². The molecule has 0 spiro atoms. The zero-order chi connectivity index (χ0) is 41.9. The molecule has 0 amide bonds. The van der Waals surface area contributed by atoms with Crippen LogP contribution in [0.15, 0.2) is 36.7 Å². The Balaban J connectivity index is 0.748. The summed E-state index contributed by atoms with van der Waals surface area (Å²) >= 11 is 0. The van der Waals surface area contributed by atoms with E-state index in [1.807, 2.05) is 12.4 Å². The lowest BCUT2D eigenvalue weighted by atomic mass is 9.44. The highest BCUT2D eigenvalue weighted by Gasteiger charge is 2.60. The summed E-state index contributed by atoms with van der Waals surface area (Å²) < 4.78 is 0. The van der Waals surface area contributed by atoms with Gasteiger partial charge in [-0.25, -0.2) is 0 Å². The van der Waals surface area contributed by atoms with Crippen molar-refractivity contribution in [1.29, 1.82) is 0 Å². The monoisotopic (exact) mass is 822 g/mol. The summed E-state index contributed by atoms with van der Waals surface area (Å²) in [6.07, 6.45) is 29.3. The Morgan fingerprint density at radius 1 is 0.733 bits per heavy atom. The fourth-order valence-corrected chi connectivity index (χ4v) is 15.1. The lowest BCUT2D eigenvalue weighted by Crippen LogP contribution is -2.55. The lowest BCUT2D eigenvalue weighted by Gasteiger charge is -2.61. The molecule has 7 heteroatoms. The smallest absolute Gasteiger partial charge is 0.0564 e. The number of fused-ring (bicyclic) bond motifs is 5. The summed E-state index contributed by atoms with van der Waals surface area (Å²) in [5.41, 5.74) is 6.05. The first-order chi connectivity index (χ1) is 29.0. The van der Waals surface area contributed by atoms with E-state index in [2.05, 4.69) is 98.3 Å². The quantitative estimate of drug-likeness (QED) is 0.145. The van der Waals surface area contributed by atoms with Crippen LogP contribution in [0.3, 0.4) is 0 Å². The first kappa shape index (κ1) is 44.4. The maximum atomic E-state index is 4.86. The van der Waals surface area contributed by atoms with Gasteiger partial charge in [0.05, 0.1) is 11.4 Å². The number of anilines is 2. The molecule has 8 rings (SSSR count). The number of hydrogen-bond donors (Lipinski definition) is 2. The average molecular weight is 822 g/mol. The molecule has 11 atom stereocenters. The molecule has 4 saturated carbocycles. The number of nitrogens with zero attached hydrogens (tertiary/aromatic N) is 5. The van der Waals surface area contributed by atoms with Gasteiger partial charge in [-0.15, -0.1) is 0 Å². The maximum absolute atomic E-state index is 4.86. The number of aromatic nitrogens is 2. The Morgan fingerprint density at radius 3 is 2.15 bits per heavy atom. The second-order valence-corrected chi connectivity index (χ2v) is 22.5. The molecule has 2 aromatic heterocycles. The van der Waals surface area contributed by atoms with E-state index in [1.165, 1.54) is 151 Å². The van der Waals surface area contributed by atoms with E-state index in [4.69, 9.17) is 9.97 Å². The van der Waals surface area contributed by atoms with Gasteiger partial charge in [0.15, 0.2) is 0 Å². The molecule has 4 aliphatic carbocycles. The third kappa shape index (κ3) is 9.79. The number of nitrogens with one attached hydrogen (secondary N) is 2. The summed E-state index contributed by atoms with van der Waals surface area (Å²) in [5.74, 6) is 6.66. The molecule has 2 aromatic rings. The fourth-order valence-electron chi connectivity index (χ4n) is 15.1. The van der Waals surface area contributed by atoms with Crippen LogP contribution in [0.4, 0.5) is 11.4 Å². The topological polar surface area (TPSA) is 59.6 Å². The molecule has 2 aliphatic heterocycles. The predicted octanol–water partition coefficient (Wildman–Crippen LogP) is 11.4. The minimum absolute atomic E-state index is 0.583. The van der Waals surface area contributed by atoms with E-state index in [0.29, 0.717) is 22.9 Å². The third-order valence-electron chi connectivity index (χ3n) is 18.4. The summed E-state index contributed by atoms with van der Waals surface area (Å²) in [6, 6.07) is 10.8. The number of hydrogen-bond acceptors (Lipinski definition) is 7. The van der Waals surface area contributed by atoms with Gasteiger partial charge in [0.25, 0.3) is 0 Å². The van der Waals surface area contributed by atoms with E-state index >= 15 is 0 Å². The average Bonchev–Trinajstić information content (AvgIpc) is 3.97. The SMILES string of the molecule is CC(C)CCCC(C)C1CCC2C3CCC4CC(NCCCCNc5ccnc(CN6CCCC6C6CCCN6Cc6cc(N(C)C)ccn6)c5)CCC4(C)C3CCC12C. The van der Waals surface area contributed by atoms with Crippen molar-refractivity contribution in [2.45, 2.75) is 181 Å². The Bertz CT molecular complexity index is 1660. The van der Waals surface area contributed by atoms with Gasteiger partial charge < -0.3 is 15.5 Å². The van der Waals surface area contributed by atoms with Gasteiger partial charge in [-0.3, -0.25) is 19.8 Å². The molecule has 0 bridgehead atoms. The summed E-state index contributed by atoms with van der Waals surface area (Å²) in [7, 11) is 4.23. The molecule has 4 heterocycles. The minimum atomic E-state index is 0.583. The van der Waals surface area contributed by atoms with Crippen LogP contribution >= 0.6 is 0 Å². The van der Waals surface area contributed by atoms with Crippen molar-refractivity contribution in [3.05, 3.63) is 48.0 Å². The number of rotatable bonds is 18. The van der Waals surface area contributed by atoms with Gasteiger partial charge in [-0.1, -0.05) is 53.9 Å². The van der Waals surface area contributed by atoms with Crippen molar-refractivity contribution in [2.75, 3.05) is 50.5 Å². The highest BCUT2D eigenvalue weighted by molar-refractivity contribution is 5.45. The van der Waals surface area contributed by atoms with Gasteiger partial charge in [-0.2, -0.15) is 0 Å². The minimum Gasteiger partial charge on any atom is -0.385 e. The van der Waals surface area contributed by atoms with Crippen molar-refractivity contribution >= 4 is 11.4 Å². The van der Waals surface area contributed by atoms with Crippen LogP contribution in [0, 0.1) is 52.3 Å². The molecule has 2 N–H and O–H groups in total. The second kappa shape index (κ2) is 19.7. The fraction of sp³-hybridized carbons (Fsp3) is 0.811. The molecule has 334 valence electrons. The van der Waals surface area contributed by atoms with Crippen molar-refractivity contribution in [3.63, 3.8) is 0 Å². The Morgan fingerprint density at radius 2 is 1.42 bits per heavy atom. The van der Waals surface area contributed by atoms with Gasteiger partial charge in [0.1, 0.15) is 0 Å². The van der Waals surface area contributed by atoms with Crippen molar-refractivity contribution in [2.24, 2.45) is 52.3 Å². The van der Waals surface area contributed by atoms with Gasteiger partial charge in [0, 0.05) is 75.6 Å². The zero-order valence-electron chi connectivity index (χ0n) is 39.4. The molecular formula is C53H87N7. The van der Waals surface area contributed by atoms with Gasteiger partial charge in [-0.05, 0) is 192 Å². The molecule has 0 aromatic carbocycles. The Kier molecular flexibility index (Phi) is 14.5. The maximum Gasteiger partial charge on any atom is 0.0564 e. The first-order valence-electron chi connectivity index (χ1n) is 25.5. The number of pyridine rings is 2. The van der Waals surface area contributed by atoms with Crippen LogP contribution in [0.1, 0.15) is 162 Å². The molecule has 7 nitrogen and oxygen atoms in total. The largest absolute Gasteiger partial charge is 0.385 e. The summed E-state index contributed by atoms with van der Waals surface area (Å²) in [4.78, 5) is 17.2. The highest BCUT2D eigenvalue weighted by atomic mass is 15.3. The Labute approximate surface area is 367 Å². The molecule has 60 heavy (non-hydrogen) atoms. The molecule has 6 aliphatic rings. The third-order valence-corrected chi connectivity index (χ3v) is 18.4. The molecule has 6 fully saturated rings. The molecular weight excluding hydrogens is 735 g/mol. The van der Waals surface area contributed by atoms with Crippen molar-refractivity contribution < 1.29 is 0 Å². The normalized spacial score (nSPS) is 35.0. The van der Waals surface area contributed by atoms with E-state index in [0.717, 1.165) is 73.6 Å². The number of likely N-dealkylation sites (tertiary alicyclic amines) is 2. The highest BCUT2D eigenvalue weighted by Crippen LogP contribution is 2.68. The van der Waals surface area contributed by atoms with Crippen molar-refractivity contribution in [3.8, 4) is 0 Å². The van der Waals surface area contributed by atoms with Gasteiger partial charge >= 0.3 is 0 Å². The molecule has 2 saturated heterocycles. The lowest BCUT2D eigenvalue weighted by molar-refractivity contribution is -0.118. The zero-order valence-corrected chi connectivity index (χ0v) is 39.4. The summed E-state index contributed by atoms with van der Waals surface area (Å²) in [6.45, 7) is 19.4. The molecule has 0 radical (unpaired) electrons. The van der Waals surface area contributed by atoms with Crippen LogP contribution in [-0.2, 0) is 13.1 Å². The second-order valence-electron chi connectivity index (χ2n) is 22.5. The predicted molar refractivity (Wildman–Crippen MR) is 252 cm³/mol. The standard InChI is InChI=1S/C53H87N7/c1-38(2)13-10-14-39(3)47-19-20-48-46-18-17-40-33-41(21-25-52(40,4)49(46)22-26-53(47,48)5)54-27-8-9-28-55-42-23-29-56-43(34-42)36-59-31-11-15-50(59)51-16-12-32-60(51)37-44-35-45(58(6)7)24-30-57-44/h23-24,29-30,34-35,38-41,46-51,54H,8-22,25-28,31-33,36-37H2,1-7H3,(H,55,56). The molecule has 11 unspecified atom stereocenters. The first-order valence-corrected chi connectivity index (χ1v) is 25.5. The van der Waals surface area contributed by atoms with Crippen LogP contribution in [0.5, 0.6) is 0 Å². The van der Waals surface area contributed by atoms with Crippen LogP contribution in [-0.4, -0.2) is 78.2 Å². The van der Waals surface area contributed by atoms with Crippen LogP contribution in [0.25, 0.3) is 0 Å². The number of unbranched alkanes of at least 4 members (excludes halogenated alkanes) is 1. The van der Waals surface area contributed by atoms with E-state index in [1.54, 1.807) is 0 Å². The van der Waals surface area contributed by atoms with E-state index < -0.39 is 0 Å². The summed E-state index contributed by atoms with van der Waals surface area (Å²) in [5, 5.41) is 7.84. The van der Waals surface area contributed by atoms with Crippen LogP contribution in [0.2, 0.25) is 0 Å². The van der Waals surface area contributed by atoms with Crippen molar-refractivity contribution in [1.82, 2.24) is 25.1 Å². The van der Waals surface area contributed by atoms with E-state index in [-0.39, 0.29) is 0 Å². The van der Waals surface area contributed by atoms with E-state index in [9.17, 15) is 0 Å². The van der Waals surface area contributed by atoms with Crippen LogP contribution < -0.4 is 15.5 Å². The Hall–Kier alpha value is -2.22.